The van der Waals surface area contributed by atoms with Gasteiger partial charge in [-0.2, -0.15) is 0 Å². The molecular formula is C21H21FN2O2. The van der Waals surface area contributed by atoms with Gasteiger partial charge < -0.3 is 9.84 Å². The summed E-state index contributed by atoms with van der Waals surface area (Å²) in [6.07, 6.45) is 1.88. The molecule has 1 amide bonds. The maximum Gasteiger partial charge on any atom is 0.273 e. The van der Waals surface area contributed by atoms with Gasteiger partial charge in [0.15, 0.2) is 11.5 Å². The average molecular weight is 352 g/mol. The second-order valence-corrected chi connectivity index (χ2v) is 6.19. The molecule has 0 bridgehead atoms. The van der Waals surface area contributed by atoms with Gasteiger partial charge in [0.05, 0.1) is 0 Å². The predicted molar refractivity (Wildman–Crippen MR) is 98.3 cm³/mol. The topological polar surface area (TPSA) is 55.1 Å². The quantitative estimate of drug-likeness (QED) is 0.665. The van der Waals surface area contributed by atoms with E-state index in [2.05, 4.69) is 17.4 Å². The second kappa shape index (κ2) is 8.43. The van der Waals surface area contributed by atoms with Gasteiger partial charge in [-0.25, -0.2) is 4.39 Å². The van der Waals surface area contributed by atoms with Crippen LogP contribution in [0, 0.1) is 5.82 Å². The molecule has 134 valence electrons. The molecule has 0 fully saturated rings. The van der Waals surface area contributed by atoms with Crippen LogP contribution < -0.4 is 5.32 Å². The summed E-state index contributed by atoms with van der Waals surface area (Å²) in [6.45, 7) is 2.55. The molecule has 0 aliphatic rings. The molecule has 4 nitrogen and oxygen atoms in total. The summed E-state index contributed by atoms with van der Waals surface area (Å²) in [5, 5.41) is 6.77. The second-order valence-electron chi connectivity index (χ2n) is 6.19. The number of hydrogen-bond acceptors (Lipinski definition) is 3. The Hall–Kier alpha value is -2.95. The van der Waals surface area contributed by atoms with E-state index in [-0.39, 0.29) is 23.3 Å². The number of rotatable bonds is 7. The fourth-order valence-electron chi connectivity index (χ4n) is 2.90. The summed E-state index contributed by atoms with van der Waals surface area (Å²) in [7, 11) is 0. The van der Waals surface area contributed by atoms with Crippen LogP contribution in [0.5, 0.6) is 0 Å². The van der Waals surface area contributed by atoms with Crippen LogP contribution in [0.15, 0.2) is 65.2 Å². The van der Waals surface area contributed by atoms with Crippen LogP contribution in [-0.2, 0) is 0 Å². The van der Waals surface area contributed by atoms with E-state index >= 15 is 0 Å². The Bertz CT molecular complexity index is 844. The van der Waals surface area contributed by atoms with E-state index < -0.39 is 0 Å². The molecular weight excluding hydrogens is 331 g/mol. The molecule has 1 heterocycles. The molecule has 0 aliphatic heterocycles. The van der Waals surface area contributed by atoms with Gasteiger partial charge in [-0.3, -0.25) is 4.79 Å². The van der Waals surface area contributed by atoms with E-state index in [0.29, 0.717) is 12.3 Å². The Morgan fingerprint density at radius 3 is 2.58 bits per heavy atom. The minimum absolute atomic E-state index is 0.130. The van der Waals surface area contributed by atoms with Crippen LogP contribution in [0.25, 0.3) is 11.3 Å². The van der Waals surface area contributed by atoms with Crippen molar-refractivity contribution >= 4 is 5.91 Å². The lowest BCUT2D eigenvalue weighted by Gasteiger charge is -2.17. The third-order valence-corrected chi connectivity index (χ3v) is 4.29. The summed E-state index contributed by atoms with van der Waals surface area (Å²) in [5.74, 6) is 0.146. The highest BCUT2D eigenvalue weighted by molar-refractivity contribution is 5.93. The molecule has 26 heavy (non-hydrogen) atoms. The Morgan fingerprint density at radius 1 is 1.15 bits per heavy atom. The van der Waals surface area contributed by atoms with Crippen LogP contribution in [0.2, 0.25) is 0 Å². The molecule has 0 saturated heterocycles. The number of aromatic nitrogens is 1. The van der Waals surface area contributed by atoms with Gasteiger partial charge in [-0.05, 0) is 24.1 Å². The van der Waals surface area contributed by atoms with Crippen LogP contribution in [0.1, 0.15) is 41.7 Å². The minimum Gasteiger partial charge on any atom is -0.355 e. The van der Waals surface area contributed by atoms with Crippen molar-refractivity contribution in [3.05, 3.63) is 77.7 Å². The van der Waals surface area contributed by atoms with Crippen molar-refractivity contribution in [2.24, 2.45) is 0 Å². The van der Waals surface area contributed by atoms with Crippen molar-refractivity contribution in [2.45, 2.75) is 25.7 Å². The van der Waals surface area contributed by atoms with E-state index in [4.69, 9.17) is 4.52 Å². The number of amides is 1. The SMILES string of the molecule is CCC[C@@H](CNC(=O)c1cc(-c2ccccc2)on1)c1ccc(F)cc1. The molecule has 1 N–H and O–H groups in total. The maximum atomic E-state index is 13.1. The van der Waals surface area contributed by atoms with Gasteiger partial charge in [0.1, 0.15) is 5.82 Å². The highest BCUT2D eigenvalue weighted by Gasteiger charge is 2.16. The highest BCUT2D eigenvalue weighted by Crippen LogP contribution is 2.22. The third kappa shape index (κ3) is 4.36. The molecule has 0 saturated carbocycles. The largest absolute Gasteiger partial charge is 0.355 e. The van der Waals surface area contributed by atoms with E-state index in [1.165, 1.54) is 12.1 Å². The van der Waals surface area contributed by atoms with Crippen LogP contribution in [0.4, 0.5) is 4.39 Å². The summed E-state index contributed by atoms with van der Waals surface area (Å²) in [4.78, 5) is 12.4. The third-order valence-electron chi connectivity index (χ3n) is 4.29. The van der Waals surface area contributed by atoms with Gasteiger partial charge in [-0.15, -0.1) is 0 Å². The number of carbonyl (C=O) groups excluding carboxylic acids is 1. The van der Waals surface area contributed by atoms with Crippen molar-refractivity contribution in [3.63, 3.8) is 0 Å². The van der Waals surface area contributed by atoms with Gasteiger partial charge in [0.25, 0.3) is 5.91 Å². The molecule has 5 heteroatoms. The molecule has 2 aromatic carbocycles. The van der Waals surface area contributed by atoms with Crippen LogP contribution >= 0.6 is 0 Å². The molecule has 1 aromatic heterocycles. The number of nitrogens with zero attached hydrogens (tertiary/aromatic N) is 1. The van der Waals surface area contributed by atoms with Crippen LogP contribution in [-0.4, -0.2) is 17.6 Å². The molecule has 3 rings (SSSR count). The zero-order valence-corrected chi connectivity index (χ0v) is 14.6. The van der Waals surface area contributed by atoms with Crippen LogP contribution in [0.3, 0.4) is 0 Å². The standard InChI is InChI=1S/C21H21FN2O2/c1-2-6-17(15-9-11-18(22)12-10-15)14-23-21(25)19-13-20(26-24-19)16-7-4-3-5-8-16/h3-5,7-13,17H,2,6,14H2,1H3,(H,23,25)/t17-/m0/s1. The zero-order valence-electron chi connectivity index (χ0n) is 14.6. The average Bonchev–Trinajstić information content (AvgIpc) is 3.17. The monoisotopic (exact) mass is 352 g/mol. The maximum absolute atomic E-state index is 13.1. The van der Waals surface area contributed by atoms with Gasteiger partial charge in [0.2, 0.25) is 0 Å². The van der Waals surface area contributed by atoms with Crippen molar-refractivity contribution < 1.29 is 13.7 Å². The van der Waals surface area contributed by atoms with Gasteiger partial charge >= 0.3 is 0 Å². The normalized spacial score (nSPS) is 11.9. The number of carbonyl (C=O) groups is 1. The van der Waals surface area contributed by atoms with E-state index in [0.717, 1.165) is 24.0 Å². The first-order chi connectivity index (χ1) is 12.7. The molecule has 3 aromatic rings. The Labute approximate surface area is 152 Å². The van der Waals surface area contributed by atoms with E-state index in [1.54, 1.807) is 18.2 Å². The number of nitrogens with one attached hydrogen (secondary N) is 1. The Kier molecular flexibility index (Phi) is 5.79. The van der Waals surface area contributed by atoms with Crippen molar-refractivity contribution in [1.29, 1.82) is 0 Å². The molecule has 1 atom stereocenters. The van der Waals surface area contributed by atoms with Crippen molar-refractivity contribution in [1.82, 2.24) is 10.5 Å². The summed E-state index contributed by atoms with van der Waals surface area (Å²) in [6, 6.07) is 17.6. The minimum atomic E-state index is -0.279. The van der Waals surface area contributed by atoms with Gasteiger partial charge in [0, 0.05) is 24.1 Å². The predicted octanol–water partition coefficient (Wildman–Crippen LogP) is 4.79. The lowest BCUT2D eigenvalue weighted by atomic mass is 9.94. The highest BCUT2D eigenvalue weighted by atomic mass is 19.1. The fourth-order valence-corrected chi connectivity index (χ4v) is 2.90. The summed E-state index contributed by atoms with van der Waals surface area (Å²) < 4.78 is 18.4. The fraction of sp³-hybridized carbons (Fsp3) is 0.238. The first-order valence-corrected chi connectivity index (χ1v) is 8.73. The van der Waals surface area contributed by atoms with Crippen molar-refractivity contribution in [3.8, 4) is 11.3 Å². The first kappa shape index (κ1) is 17.9. The summed E-state index contributed by atoms with van der Waals surface area (Å²) in [5.41, 5.74) is 2.13. The first-order valence-electron chi connectivity index (χ1n) is 8.73. The molecule has 0 radical (unpaired) electrons. The van der Waals surface area contributed by atoms with E-state index in [1.807, 2.05) is 30.3 Å². The Morgan fingerprint density at radius 2 is 1.88 bits per heavy atom. The lowest BCUT2D eigenvalue weighted by molar-refractivity contribution is 0.0941. The molecule has 0 unspecified atom stereocenters. The van der Waals surface area contributed by atoms with Crippen molar-refractivity contribution in [2.75, 3.05) is 6.54 Å². The number of halogens is 1. The number of benzene rings is 2. The lowest BCUT2D eigenvalue weighted by Crippen LogP contribution is -2.28. The molecule has 0 spiro atoms. The Balaban J connectivity index is 1.65. The van der Waals surface area contributed by atoms with Gasteiger partial charge in [-0.1, -0.05) is 61.0 Å². The summed E-state index contributed by atoms with van der Waals surface area (Å²) >= 11 is 0. The zero-order chi connectivity index (χ0) is 18.4. The molecule has 0 aliphatic carbocycles. The van der Waals surface area contributed by atoms with E-state index in [9.17, 15) is 9.18 Å². The smallest absolute Gasteiger partial charge is 0.273 e. The number of hydrogen-bond donors (Lipinski definition) is 1.